The minimum absolute atomic E-state index is 0.151. The van der Waals surface area contributed by atoms with E-state index in [-0.39, 0.29) is 11.5 Å². The van der Waals surface area contributed by atoms with Gasteiger partial charge in [-0.1, -0.05) is 31.5 Å². The van der Waals surface area contributed by atoms with Crippen molar-refractivity contribution in [1.29, 1.82) is 0 Å². The van der Waals surface area contributed by atoms with Gasteiger partial charge in [0.15, 0.2) is 0 Å². The molecule has 1 N–H and O–H groups in total. The second-order valence-corrected chi connectivity index (χ2v) is 5.68. The lowest BCUT2D eigenvalue weighted by Crippen LogP contribution is -1.98. The van der Waals surface area contributed by atoms with Crippen molar-refractivity contribution >= 4 is 11.6 Å². The summed E-state index contributed by atoms with van der Waals surface area (Å²) in [6.45, 7) is 5.55. The molecule has 2 nitrogen and oxygen atoms in total. The third kappa shape index (κ3) is 3.36. The topological polar surface area (TPSA) is 29.5 Å². The molecule has 0 aromatic heterocycles. The molecule has 0 saturated heterocycles. The lowest BCUT2D eigenvalue weighted by atomic mass is 10.0. The molecule has 4 heteroatoms. The molecule has 0 aliphatic rings. The van der Waals surface area contributed by atoms with E-state index in [1.54, 1.807) is 12.1 Å². The first-order valence-electron chi connectivity index (χ1n) is 6.80. The minimum atomic E-state index is -0.481. The lowest BCUT2D eigenvalue weighted by Gasteiger charge is -2.16. The number of halogens is 2. The van der Waals surface area contributed by atoms with Gasteiger partial charge in [-0.3, -0.25) is 0 Å². The van der Waals surface area contributed by atoms with E-state index in [1.165, 1.54) is 6.07 Å². The summed E-state index contributed by atoms with van der Waals surface area (Å²) < 4.78 is 19.5. The average Bonchev–Trinajstić information content (AvgIpc) is 2.41. The standard InChI is InChI=1S/C17H18ClFO2/c1-10(2)12-8-17(11(3)7-14(12)18)21-16-6-4-5-15(19)13(16)9-20/h4-8,10,20H,9H2,1-3H3. The maximum Gasteiger partial charge on any atom is 0.135 e. The predicted octanol–water partition coefficient (Wildman–Crippen LogP) is 5.20. The van der Waals surface area contributed by atoms with Crippen molar-refractivity contribution in [2.45, 2.75) is 33.3 Å². The first-order chi connectivity index (χ1) is 9.93. The zero-order chi connectivity index (χ0) is 15.6. The molecule has 112 valence electrons. The smallest absolute Gasteiger partial charge is 0.135 e. The van der Waals surface area contributed by atoms with E-state index in [0.29, 0.717) is 16.5 Å². The van der Waals surface area contributed by atoms with E-state index in [9.17, 15) is 9.50 Å². The molecular formula is C17H18ClFO2. The van der Waals surface area contributed by atoms with Crippen LogP contribution in [0.15, 0.2) is 30.3 Å². The van der Waals surface area contributed by atoms with E-state index in [4.69, 9.17) is 16.3 Å². The minimum Gasteiger partial charge on any atom is -0.457 e. The van der Waals surface area contributed by atoms with Crippen LogP contribution < -0.4 is 4.74 Å². The van der Waals surface area contributed by atoms with Crippen LogP contribution in [0.1, 0.15) is 36.5 Å². The molecule has 2 aromatic rings. The van der Waals surface area contributed by atoms with Crippen LogP contribution in [0.3, 0.4) is 0 Å². The van der Waals surface area contributed by atoms with Crippen molar-refractivity contribution < 1.29 is 14.2 Å². The monoisotopic (exact) mass is 308 g/mol. The Morgan fingerprint density at radius 3 is 2.57 bits per heavy atom. The van der Waals surface area contributed by atoms with Crippen molar-refractivity contribution in [3.05, 3.63) is 57.9 Å². The molecule has 0 amide bonds. The number of ether oxygens (including phenoxy) is 1. The summed E-state index contributed by atoms with van der Waals surface area (Å²) in [5, 5.41) is 9.98. The Labute approximate surface area is 129 Å². The normalized spacial score (nSPS) is 11.0. The van der Waals surface area contributed by atoms with Gasteiger partial charge < -0.3 is 9.84 Å². The Bertz CT molecular complexity index is 653. The zero-order valence-electron chi connectivity index (χ0n) is 12.3. The van der Waals surface area contributed by atoms with E-state index in [0.717, 1.165) is 11.1 Å². The lowest BCUT2D eigenvalue weighted by molar-refractivity contribution is 0.270. The number of hydrogen-bond acceptors (Lipinski definition) is 2. The molecule has 0 atom stereocenters. The molecule has 0 bridgehead atoms. The van der Waals surface area contributed by atoms with E-state index in [1.807, 2.05) is 32.9 Å². The summed E-state index contributed by atoms with van der Waals surface area (Å²) >= 11 is 6.23. The fraction of sp³-hybridized carbons (Fsp3) is 0.294. The Kier molecular flexibility index (Phi) is 4.86. The van der Waals surface area contributed by atoms with Crippen molar-refractivity contribution in [3.8, 4) is 11.5 Å². The van der Waals surface area contributed by atoms with Gasteiger partial charge in [0.05, 0.1) is 12.2 Å². The highest BCUT2D eigenvalue weighted by Crippen LogP contribution is 2.35. The predicted molar refractivity (Wildman–Crippen MR) is 82.7 cm³/mol. The third-order valence-electron chi connectivity index (χ3n) is 3.37. The Balaban J connectivity index is 2.45. The highest BCUT2D eigenvalue weighted by Gasteiger charge is 2.14. The van der Waals surface area contributed by atoms with Gasteiger partial charge in [0.1, 0.15) is 17.3 Å². The summed E-state index contributed by atoms with van der Waals surface area (Å²) in [7, 11) is 0. The Hall–Kier alpha value is -1.58. The van der Waals surface area contributed by atoms with E-state index < -0.39 is 12.4 Å². The Morgan fingerprint density at radius 2 is 1.95 bits per heavy atom. The molecule has 0 aliphatic heterocycles. The fourth-order valence-electron chi connectivity index (χ4n) is 2.13. The summed E-state index contributed by atoms with van der Waals surface area (Å²) in [5.41, 5.74) is 1.98. The molecule has 2 rings (SSSR count). The zero-order valence-corrected chi connectivity index (χ0v) is 13.0. The molecule has 0 heterocycles. The maximum absolute atomic E-state index is 13.7. The number of aliphatic hydroxyl groups is 1. The van der Waals surface area contributed by atoms with Gasteiger partial charge in [-0.2, -0.15) is 0 Å². The van der Waals surface area contributed by atoms with Crippen molar-refractivity contribution in [2.75, 3.05) is 0 Å². The van der Waals surface area contributed by atoms with Gasteiger partial charge in [0.2, 0.25) is 0 Å². The number of benzene rings is 2. The van der Waals surface area contributed by atoms with Gasteiger partial charge in [-0.05, 0) is 48.2 Å². The van der Waals surface area contributed by atoms with Crippen LogP contribution in [-0.4, -0.2) is 5.11 Å². The van der Waals surface area contributed by atoms with Crippen LogP contribution in [0.5, 0.6) is 11.5 Å². The molecule has 0 saturated carbocycles. The van der Waals surface area contributed by atoms with Gasteiger partial charge in [0.25, 0.3) is 0 Å². The summed E-state index contributed by atoms with van der Waals surface area (Å²) in [6.07, 6.45) is 0. The summed E-state index contributed by atoms with van der Waals surface area (Å²) in [4.78, 5) is 0. The molecule has 21 heavy (non-hydrogen) atoms. The Morgan fingerprint density at radius 1 is 1.24 bits per heavy atom. The number of hydrogen-bond donors (Lipinski definition) is 1. The third-order valence-corrected chi connectivity index (χ3v) is 3.70. The first-order valence-corrected chi connectivity index (χ1v) is 7.18. The number of aryl methyl sites for hydroxylation is 1. The SMILES string of the molecule is Cc1cc(Cl)c(C(C)C)cc1Oc1cccc(F)c1CO. The molecule has 0 spiro atoms. The van der Waals surface area contributed by atoms with Gasteiger partial charge in [0, 0.05) is 5.02 Å². The summed E-state index contributed by atoms with van der Waals surface area (Å²) in [6, 6.07) is 8.20. The van der Waals surface area contributed by atoms with Crippen molar-refractivity contribution in [3.63, 3.8) is 0 Å². The molecule has 2 aromatic carbocycles. The van der Waals surface area contributed by atoms with Crippen LogP contribution >= 0.6 is 11.6 Å². The van der Waals surface area contributed by atoms with Gasteiger partial charge in [-0.15, -0.1) is 0 Å². The second-order valence-electron chi connectivity index (χ2n) is 5.27. The van der Waals surface area contributed by atoms with Crippen molar-refractivity contribution in [2.24, 2.45) is 0 Å². The fourth-order valence-corrected chi connectivity index (χ4v) is 2.56. The average molecular weight is 309 g/mol. The van der Waals surface area contributed by atoms with Gasteiger partial charge >= 0.3 is 0 Å². The highest BCUT2D eigenvalue weighted by atomic mass is 35.5. The molecule has 0 radical (unpaired) electrons. The number of rotatable bonds is 4. The maximum atomic E-state index is 13.7. The van der Waals surface area contributed by atoms with Crippen LogP contribution in [0, 0.1) is 12.7 Å². The van der Waals surface area contributed by atoms with Crippen LogP contribution in [0.25, 0.3) is 0 Å². The van der Waals surface area contributed by atoms with Crippen LogP contribution in [-0.2, 0) is 6.61 Å². The van der Waals surface area contributed by atoms with Crippen LogP contribution in [0.2, 0.25) is 5.02 Å². The van der Waals surface area contributed by atoms with Crippen molar-refractivity contribution in [1.82, 2.24) is 0 Å². The molecule has 0 aliphatic carbocycles. The van der Waals surface area contributed by atoms with Gasteiger partial charge in [-0.25, -0.2) is 4.39 Å². The second kappa shape index (κ2) is 6.46. The highest BCUT2D eigenvalue weighted by molar-refractivity contribution is 6.31. The van der Waals surface area contributed by atoms with E-state index >= 15 is 0 Å². The molecule has 0 unspecified atom stereocenters. The van der Waals surface area contributed by atoms with Crippen LogP contribution in [0.4, 0.5) is 4.39 Å². The van der Waals surface area contributed by atoms with E-state index in [2.05, 4.69) is 0 Å². The molecular weight excluding hydrogens is 291 g/mol. The summed E-state index contributed by atoms with van der Waals surface area (Å²) in [5.74, 6) is 0.706. The quantitative estimate of drug-likeness (QED) is 0.841. The number of aliphatic hydroxyl groups excluding tert-OH is 1. The largest absolute Gasteiger partial charge is 0.457 e. The first kappa shape index (κ1) is 15.8. The molecule has 0 fully saturated rings.